The summed E-state index contributed by atoms with van der Waals surface area (Å²) in [5.74, 6) is 0.948. The summed E-state index contributed by atoms with van der Waals surface area (Å²) in [6.07, 6.45) is 0. The molecule has 1 heterocycles. The number of thioether (sulfide) groups is 1. The van der Waals surface area contributed by atoms with Gasteiger partial charge in [0.15, 0.2) is 0 Å². The number of aromatic nitrogens is 3. The predicted molar refractivity (Wildman–Crippen MR) is 94.2 cm³/mol. The molecule has 0 bridgehead atoms. The van der Waals surface area contributed by atoms with Gasteiger partial charge < -0.3 is 0 Å². The molecule has 0 amide bonds. The van der Waals surface area contributed by atoms with Crippen LogP contribution in [0.1, 0.15) is 5.56 Å². The van der Waals surface area contributed by atoms with Crippen LogP contribution in [0.2, 0.25) is 0 Å². The zero-order chi connectivity index (χ0) is 15.5. The van der Waals surface area contributed by atoms with Crippen LogP contribution in [0.15, 0.2) is 71.6 Å². The molecule has 3 nitrogen and oxygen atoms in total. The second-order valence-electron chi connectivity index (χ2n) is 5.22. The normalized spacial score (nSPS) is 11.0. The summed E-state index contributed by atoms with van der Waals surface area (Å²) in [7, 11) is 0. The molecule has 4 rings (SSSR count). The first-order chi connectivity index (χ1) is 11.4. The molecule has 111 valence electrons. The van der Waals surface area contributed by atoms with Crippen LogP contribution in [-0.2, 0) is 5.75 Å². The lowest BCUT2D eigenvalue weighted by molar-refractivity contribution is 0.959. The van der Waals surface area contributed by atoms with E-state index in [1.807, 2.05) is 23.9 Å². The predicted octanol–water partition coefficient (Wildman–Crippen LogP) is 4.72. The van der Waals surface area contributed by atoms with Crippen molar-refractivity contribution in [2.24, 2.45) is 0 Å². The minimum atomic E-state index is 0.769. The van der Waals surface area contributed by atoms with Crippen LogP contribution in [0.5, 0.6) is 0 Å². The number of rotatable bonds is 4. The Morgan fingerprint density at radius 2 is 1.74 bits per heavy atom. The van der Waals surface area contributed by atoms with Gasteiger partial charge >= 0.3 is 0 Å². The highest BCUT2D eigenvalue weighted by Crippen LogP contribution is 2.33. The number of H-pyrrole nitrogens is 1. The highest BCUT2D eigenvalue weighted by Gasteiger charge is 2.08. The van der Waals surface area contributed by atoms with Crippen molar-refractivity contribution in [3.05, 3.63) is 78.4 Å². The third-order valence-electron chi connectivity index (χ3n) is 3.66. The lowest BCUT2D eigenvalue weighted by Gasteiger charge is -2.09. The van der Waals surface area contributed by atoms with Crippen molar-refractivity contribution in [3.8, 4) is 11.1 Å². The summed E-state index contributed by atoms with van der Waals surface area (Å²) in [5.41, 5.74) is 5.22. The van der Waals surface area contributed by atoms with E-state index in [4.69, 9.17) is 0 Å². The average molecular weight is 316 g/mol. The zero-order valence-electron chi connectivity index (χ0n) is 12.4. The maximum Gasteiger partial charge on any atom is 0.121 e. The highest BCUT2D eigenvalue weighted by molar-refractivity contribution is 7.98. The number of nitrogens with one attached hydrogen (secondary N) is 1. The lowest BCUT2D eigenvalue weighted by atomic mass is 10.1. The smallest absolute Gasteiger partial charge is 0.121 e. The monoisotopic (exact) mass is 316 g/mol. The Hall–Kier alpha value is -2.59. The zero-order valence-corrected chi connectivity index (χ0v) is 13.2. The fourth-order valence-electron chi connectivity index (χ4n) is 2.49. The van der Waals surface area contributed by atoms with E-state index in [2.05, 4.69) is 76.1 Å². The van der Waals surface area contributed by atoms with Gasteiger partial charge in [0, 0.05) is 16.7 Å². The lowest BCUT2D eigenvalue weighted by Crippen LogP contribution is -1.85. The molecule has 0 saturated carbocycles. The number of hydrogen-bond donors (Lipinski definition) is 1. The van der Waals surface area contributed by atoms with E-state index in [-0.39, 0.29) is 0 Å². The summed E-state index contributed by atoms with van der Waals surface area (Å²) in [6, 6.07) is 26.3. The maximum absolute atomic E-state index is 4.06. The molecular weight excluding hydrogens is 302 g/mol. The van der Waals surface area contributed by atoms with Crippen molar-refractivity contribution in [3.63, 3.8) is 0 Å². The van der Waals surface area contributed by atoms with Gasteiger partial charge in [0.1, 0.15) is 5.52 Å². The van der Waals surface area contributed by atoms with E-state index < -0.39 is 0 Å². The van der Waals surface area contributed by atoms with Crippen LogP contribution in [-0.4, -0.2) is 15.4 Å². The summed E-state index contributed by atoms with van der Waals surface area (Å²) in [4.78, 5) is 1.25. The molecular formula is C19H14N3S. The van der Waals surface area contributed by atoms with Crippen LogP contribution in [0.25, 0.3) is 22.2 Å². The Morgan fingerprint density at radius 1 is 0.913 bits per heavy atom. The van der Waals surface area contributed by atoms with Gasteiger partial charge in [-0.15, -0.1) is 16.9 Å². The first-order valence-electron chi connectivity index (χ1n) is 7.39. The van der Waals surface area contributed by atoms with Crippen LogP contribution < -0.4 is 0 Å². The quantitative estimate of drug-likeness (QED) is 0.554. The Kier molecular flexibility index (Phi) is 3.82. The third kappa shape index (κ3) is 2.98. The van der Waals surface area contributed by atoms with Gasteiger partial charge in [0.25, 0.3) is 0 Å². The Bertz CT molecular complexity index is 931. The number of hydrogen-bond acceptors (Lipinski definition) is 3. The summed E-state index contributed by atoms with van der Waals surface area (Å²) in [5, 5.41) is 10.7. The molecule has 4 aromatic rings. The molecule has 23 heavy (non-hydrogen) atoms. The van der Waals surface area contributed by atoms with Crippen LogP contribution in [0.3, 0.4) is 0 Å². The fraction of sp³-hybridized carbons (Fsp3) is 0.0526. The van der Waals surface area contributed by atoms with Gasteiger partial charge in [-0.25, -0.2) is 0 Å². The van der Waals surface area contributed by atoms with Crippen LogP contribution in [0.4, 0.5) is 0 Å². The number of benzene rings is 3. The van der Waals surface area contributed by atoms with E-state index in [0.29, 0.717) is 0 Å². The Labute approximate surface area is 138 Å². The van der Waals surface area contributed by atoms with Crippen LogP contribution >= 0.6 is 11.8 Å². The molecule has 0 unspecified atom stereocenters. The van der Waals surface area contributed by atoms with Crippen molar-refractivity contribution in [2.75, 3.05) is 0 Å². The second kappa shape index (κ2) is 6.26. The summed E-state index contributed by atoms with van der Waals surface area (Å²) >= 11 is 1.84. The second-order valence-corrected chi connectivity index (χ2v) is 6.23. The standard InChI is InChI=1S/C19H14N3S/c1-2-6-14(7-3-1)13-23-19-9-5-4-8-16(19)15-10-11-17-18(12-15)21-22-20-17/h1-11H,13H2,(H,20,21,22). The van der Waals surface area contributed by atoms with E-state index in [1.165, 1.54) is 16.0 Å². The molecule has 0 saturated heterocycles. The molecule has 1 N–H and O–H groups in total. The topological polar surface area (TPSA) is 41.6 Å². The maximum atomic E-state index is 4.06. The van der Waals surface area contributed by atoms with Crippen molar-refractivity contribution in [1.82, 2.24) is 15.4 Å². The van der Waals surface area contributed by atoms with Gasteiger partial charge in [0.05, 0.1) is 5.52 Å². The molecule has 0 aliphatic carbocycles. The molecule has 1 aromatic heterocycles. The SMILES string of the molecule is [c]1c(-c2ccccc2SCc2ccccc2)ccc2[nH]nnc12. The number of fused-ring (bicyclic) bond motifs is 1. The van der Waals surface area contributed by atoms with Crippen LogP contribution in [0, 0.1) is 6.07 Å². The van der Waals surface area contributed by atoms with Gasteiger partial charge in [-0.1, -0.05) is 59.8 Å². The van der Waals surface area contributed by atoms with Crippen molar-refractivity contribution in [2.45, 2.75) is 10.6 Å². The summed E-state index contributed by atoms with van der Waals surface area (Å²) < 4.78 is 0. The number of aromatic amines is 1. The van der Waals surface area contributed by atoms with E-state index in [9.17, 15) is 0 Å². The van der Waals surface area contributed by atoms with Gasteiger partial charge in [-0.05, 0) is 28.8 Å². The van der Waals surface area contributed by atoms with E-state index in [1.54, 1.807) is 0 Å². The first kappa shape index (κ1) is 14.0. The fourth-order valence-corrected chi connectivity index (χ4v) is 3.51. The molecule has 4 heteroatoms. The largest absolute Gasteiger partial charge is 0.258 e. The number of nitrogens with zero attached hydrogens (tertiary/aromatic N) is 2. The third-order valence-corrected chi connectivity index (χ3v) is 4.80. The van der Waals surface area contributed by atoms with E-state index >= 15 is 0 Å². The minimum Gasteiger partial charge on any atom is -0.258 e. The molecule has 0 atom stereocenters. The Morgan fingerprint density at radius 3 is 2.65 bits per heavy atom. The minimum absolute atomic E-state index is 0.769. The van der Waals surface area contributed by atoms with Crippen molar-refractivity contribution < 1.29 is 0 Å². The molecule has 0 spiro atoms. The van der Waals surface area contributed by atoms with Gasteiger partial charge in [0.2, 0.25) is 0 Å². The highest BCUT2D eigenvalue weighted by atomic mass is 32.2. The van der Waals surface area contributed by atoms with E-state index in [0.717, 1.165) is 22.3 Å². The molecule has 0 fully saturated rings. The molecule has 0 aliphatic heterocycles. The average Bonchev–Trinajstić information content (AvgIpc) is 3.09. The molecule has 1 radical (unpaired) electrons. The van der Waals surface area contributed by atoms with Crippen molar-refractivity contribution >= 4 is 22.8 Å². The Balaban J connectivity index is 1.66. The summed E-state index contributed by atoms with van der Waals surface area (Å²) in [6.45, 7) is 0. The first-order valence-corrected chi connectivity index (χ1v) is 8.38. The van der Waals surface area contributed by atoms with Gasteiger partial charge in [-0.3, -0.25) is 5.10 Å². The molecule has 0 aliphatic rings. The molecule has 3 aromatic carbocycles. The van der Waals surface area contributed by atoms with Gasteiger partial charge in [-0.2, -0.15) is 0 Å². The van der Waals surface area contributed by atoms with Crippen molar-refractivity contribution in [1.29, 1.82) is 0 Å².